The van der Waals surface area contributed by atoms with Gasteiger partial charge in [-0.2, -0.15) is 15.3 Å². The molecule has 0 spiro atoms. The first kappa shape index (κ1) is 43.8. The predicted molar refractivity (Wildman–Crippen MR) is 280 cm³/mol. The molecule has 6 heterocycles. The Kier molecular flexibility index (Phi) is 12.3. The van der Waals surface area contributed by atoms with Crippen LogP contribution < -0.4 is 10.8 Å². The largest absolute Gasteiger partial charge is 0.488 e. The van der Waals surface area contributed by atoms with Crippen LogP contribution in [0.2, 0.25) is 0 Å². The Balaban J connectivity index is 0.000000115. The number of hydrogen-bond acceptors (Lipinski definition) is 10. The summed E-state index contributed by atoms with van der Waals surface area (Å²) in [5.41, 5.74) is 15.5. The molecule has 338 valence electrons. The maximum Gasteiger partial charge on any atom is 0.488 e. The molecule has 0 unspecified atom stereocenters. The highest BCUT2D eigenvalue weighted by Crippen LogP contribution is 2.41. The van der Waals surface area contributed by atoms with Crippen LogP contribution >= 0.6 is 22.7 Å². The fourth-order valence-corrected chi connectivity index (χ4v) is 11.2. The number of H-pyrrole nitrogens is 3. The van der Waals surface area contributed by atoms with Crippen molar-refractivity contribution < 1.29 is 14.8 Å². The first-order chi connectivity index (χ1) is 34.0. The van der Waals surface area contributed by atoms with Crippen molar-refractivity contribution in [2.45, 2.75) is 25.9 Å². The highest BCUT2D eigenvalue weighted by atomic mass is 32.1. The second-order valence-corrected chi connectivity index (χ2v) is 18.9. The Labute approximate surface area is 404 Å². The van der Waals surface area contributed by atoms with Crippen LogP contribution in [-0.4, -0.2) is 70.1 Å². The van der Waals surface area contributed by atoms with E-state index in [2.05, 4.69) is 124 Å². The van der Waals surface area contributed by atoms with E-state index in [-0.39, 0.29) is 0 Å². The summed E-state index contributed by atoms with van der Waals surface area (Å²) in [5, 5.41) is 47.2. The lowest BCUT2D eigenvalue weighted by atomic mass is 9.80. The molecular weight excluding hydrogens is 898 g/mol. The standard InChI is InChI=1S/C22H21N5S.C16H13BN2O2.C16H10N2OS/c1-2-5-19-18(4-1)21-22(28-19)20(25-26-21)17-8-6-16(7-9-17)14-23-10-3-12-27-13-11-24-15-27;20-17(21)12-7-5-10(6-8-12)15-14-9-11-3-1-2-4-13(11)16(14)19-18-15;19-9-10-5-7-11(8-6-10)14-16-15(18-17-14)12-3-1-2-4-13(12)20-16/h1-2,4-9,11,13,15,23H,3,10,12,14H2,(H,25,26);1-8,20-21H,9H2,(H,18,19);1-9H,(H,17,18). The first-order valence-corrected chi connectivity index (χ1v) is 24.3. The number of nitrogens with one attached hydrogen (secondary N) is 4. The summed E-state index contributed by atoms with van der Waals surface area (Å²) in [7, 11) is -1.44. The number of aldehydes is 1. The fraction of sp³-hybridized carbons (Fsp3) is 0.0926. The smallest absolute Gasteiger partial charge is 0.423 e. The van der Waals surface area contributed by atoms with Crippen molar-refractivity contribution in [1.29, 1.82) is 0 Å². The molecule has 12 nitrogen and oxygen atoms in total. The number of nitrogens with zero attached hydrogens (tertiary/aromatic N) is 5. The Morgan fingerprint density at radius 2 is 1.25 bits per heavy atom. The highest BCUT2D eigenvalue weighted by Gasteiger charge is 2.25. The minimum Gasteiger partial charge on any atom is -0.423 e. The molecule has 12 aromatic rings. The van der Waals surface area contributed by atoms with E-state index in [4.69, 9.17) is 10.0 Å². The molecule has 0 saturated carbocycles. The van der Waals surface area contributed by atoms with Gasteiger partial charge in [0.15, 0.2) is 0 Å². The minimum absolute atomic E-state index is 0.481. The van der Waals surface area contributed by atoms with E-state index in [1.807, 2.05) is 73.3 Å². The van der Waals surface area contributed by atoms with Crippen LogP contribution in [0.15, 0.2) is 164 Å². The van der Waals surface area contributed by atoms with Crippen LogP contribution in [0, 0.1) is 0 Å². The molecule has 1 aliphatic rings. The van der Waals surface area contributed by atoms with Crippen LogP contribution in [0.3, 0.4) is 0 Å². The van der Waals surface area contributed by atoms with Gasteiger partial charge in [-0.25, -0.2) is 4.98 Å². The SMILES string of the molecule is O=Cc1ccc(-c2n[nH]c3c2sc2ccccc23)cc1.OB(O)c1ccc(-c2n[nH]c3c2Cc2ccccc2-3)cc1.c1ccc2c(c1)sc1c(-c3ccc(CNCCCn4ccnc4)cc3)n[nH]c12. The summed E-state index contributed by atoms with van der Waals surface area (Å²) in [4.78, 5) is 14.8. The first-order valence-electron chi connectivity index (χ1n) is 22.6. The Morgan fingerprint density at radius 1 is 0.667 bits per heavy atom. The number of aromatic nitrogens is 8. The molecule has 6 aromatic heterocycles. The van der Waals surface area contributed by atoms with Gasteiger partial charge in [0.05, 0.1) is 38.1 Å². The van der Waals surface area contributed by atoms with Gasteiger partial charge in [0.25, 0.3) is 0 Å². The highest BCUT2D eigenvalue weighted by molar-refractivity contribution is 7.26. The average molecular weight is 942 g/mol. The van der Waals surface area contributed by atoms with E-state index in [1.54, 1.807) is 34.8 Å². The normalized spacial score (nSPS) is 11.6. The van der Waals surface area contributed by atoms with Crippen molar-refractivity contribution in [2.24, 2.45) is 0 Å². The summed E-state index contributed by atoms with van der Waals surface area (Å²) in [6.45, 7) is 2.86. The molecule has 0 aliphatic heterocycles. The number of carbonyl (C=O) groups excluding carboxylic acids is 1. The number of thiophene rings is 2. The number of rotatable bonds is 11. The molecule has 1 aliphatic carbocycles. The lowest BCUT2D eigenvalue weighted by Gasteiger charge is -2.06. The molecule has 13 rings (SSSR count). The molecule has 69 heavy (non-hydrogen) atoms. The maximum atomic E-state index is 10.7. The molecule has 0 radical (unpaired) electrons. The van der Waals surface area contributed by atoms with E-state index in [0.29, 0.717) is 11.0 Å². The van der Waals surface area contributed by atoms with Gasteiger partial charge in [-0.05, 0) is 41.7 Å². The second kappa shape index (κ2) is 19.4. The lowest BCUT2D eigenvalue weighted by molar-refractivity contribution is 0.112. The summed E-state index contributed by atoms with van der Waals surface area (Å²) in [5.74, 6) is 0. The van der Waals surface area contributed by atoms with E-state index in [9.17, 15) is 4.79 Å². The average Bonchev–Trinajstić information content (AvgIpc) is 4.27. The number of benzene rings is 6. The molecule has 0 saturated heterocycles. The zero-order valence-electron chi connectivity index (χ0n) is 37.1. The van der Waals surface area contributed by atoms with Crippen LogP contribution in [0.1, 0.15) is 33.5 Å². The van der Waals surface area contributed by atoms with Crippen LogP contribution in [0.5, 0.6) is 0 Å². The summed E-state index contributed by atoms with van der Waals surface area (Å²) < 4.78 is 7.04. The summed E-state index contributed by atoms with van der Waals surface area (Å²) >= 11 is 3.54. The maximum absolute atomic E-state index is 10.7. The van der Waals surface area contributed by atoms with Gasteiger partial charge in [-0.1, -0.05) is 133 Å². The number of hydrogen-bond donors (Lipinski definition) is 6. The van der Waals surface area contributed by atoms with Crippen molar-refractivity contribution in [1.82, 2.24) is 45.5 Å². The van der Waals surface area contributed by atoms with Crippen LogP contribution in [0.25, 0.3) is 85.6 Å². The Hall–Kier alpha value is -7.79. The van der Waals surface area contributed by atoms with E-state index in [1.165, 1.54) is 47.1 Å². The van der Waals surface area contributed by atoms with Gasteiger partial charge in [-0.3, -0.25) is 20.1 Å². The van der Waals surface area contributed by atoms with Gasteiger partial charge < -0.3 is 19.9 Å². The van der Waals surface area contributed by atoms with Crippen molar-refractivity contribution in [3.63, 3.8) is 0 Å². The minimum atomic E-state index is -1.44. The molecule has 0 amide bonds. The second-order valence-electron chi connectivity index (χ2n) is 16.8. The zero-order chi connectivity index (χ0) is 46.7. The molecule has 0 atom stereocenters. The zero-order valence-corrected chi connectivity index (χ0v) is 38.8. The van der Waals surface area contributed by atoms with E-state index < -0.39 is 7.12 Å². The van der Waals surface area contributed by atoms with E-state index in [0.717, 1.165) is 94.0 Å². The van der Waals surface area contributed by atoms with Gasteiger partial charge in [-0.15, -0.1) is 22.7 Å². The van der Waals surface area contributed by atoms with Gasteiger partial charge in [0.2, 0.25) is 0 Å². The lowest BCUT2D eigenvalue weighted by Crippen LogP contribution is -2.29. The van der Waals surface area contributed by atoms with Gasteiger partial charge in [0.1, 0.15) is 17.7 Å². The van der Waals surface area contributed by atoms with Crippen molar-refractivity contribution in [2.75, 3.05) is 6.54 Å². The summed E-state index contributed by atoms with van der Waals surface area (Å²) in [6.07, 6.45) is 8.50. The molecular formula is C54H44BN9O3S2. The Bertz CT molecular complexity index is 3690. The number of aromatic amines is 3. The van der Waals surface area contributed by atoms with Crippen LogP contribution in [0.4, 0.5) is 0 Å². The molecule has 15 heteroatoms. The third-order valence-corrected chi connectivity index (χ3v) is 14.7. The summed E-state index contributed by atoms with van der Waals surface area (Å²) in [6, 6.07) is 48.5. The molecule has 6 aromatic carbocycles. The van der Waals surface area contributed by atoms with Crippen molar-refractivity contribution in [3.05, 3.63) is 187 Å². The van der Waals surface area contributed by atoms with Gasteiger partial charge in [0, 0.05) is 85.5 Å². The third-order valence-electron chi connectivity index (χ3n) is 12.4. The van der Waals surface area contributed by atoms with Crippen molar-refractivity contribution in [3.8, 4) is 45.0 Å². The predicted octanol–water partition coefficient (Wildman–Crippen LogP) is 10.4. The molecule has 0 bridgehead atoms. The molecule has 6 N–H and O–H groups in total. The number of imidazole rings is 1. The fourth-order valence-electron chi connectivity index (χ4n) is 8.82. The molecule has 0 fully saturated rings. The van der Waals surface area contributed by atoms with Crippen molar-refractivity contribution >= 4 is 82.1 Å². The quantitative estimate of drug-likeness (QED) is 0.0422. The monoisotopic (exact) mass is 941 g/mol. The topological polar surface area (TPSA) is 173 Å². The Morgan fingerprint density at radius 3 is 1.87 bits per heavy atom. The van der Waals surface area contributed by atoms with Crippen LogP contribution in [-0.2, 0) is 19.5 Å². The van der Waals surface area contributed by atoms with E-state index >= 15 is 0 Å². The third kappa shape index (κ3) is 8.92. The number of carbonyl (C=O) groups is 1. The van der Waals surface area contributed by atoms with Gasteiger partial charge >= 0.3 is 7.12 Å². The number of aryl methyl sites for hydroxylation is 1. The number of fused-ring (bicyclic) bond motifs is 9.